The Bertz CT molecular complexity index is 296. The van der Waals surface area contributed by atoms with Crippen molar-refractivity contribution in [3.8, 4) is 0 Å². The van der Waals surface area contributed by atoms with Gasteiger partial charge in [0.15, 0.2) is 0 Å². The predicted octanol–water partition coefficient (Wildman–Crippen LogP) is 7.71. The van der Waals surface area contributed by atoms with Crippen LogP contribution in [0.25, 0.3) is 0 Å². The van der Waals surface area contributed by atoms with Gasteiger partial charge in [-0.1, -0.05) is 65.5 Å². The van der Waals surface area contributed by atoms with E-state index in [1.807, 2.05) is 46.8 Å². The average molecular weight is 323 g/mol. The van der Waals surface area contributed by atoms with Gasteiger partial charge in [0.25, 0.3) is 0 Å². The molecule has 0 aromatic heterocycles. The number of hydrogen-bond acceptors (Lipinski definition) is 1. The Morgan fingerprint density at radius 1 is 0.957 bits per heavy atom. The van der Waals surface area contributed by atoms with E-state index in [9.17, 15) is 0 Å². The van der Waals surface area contributed by atoms with Crippen molar-refractivity contribution in [3.63, 3.8) is 0 Å². The van der Waals surface area contributed by atoms with Crippen LogP contribution in [0.5, 0.6) is 0 Å². The van der Waals surface area contributed by atoms with Gasteiger partial charge in [-0.3, -0.25) is 0 Å². The fraction of sp³-hybridized carbons (Fsp3) is 0.727. The van der Waals surface area contributed by atoms with Crippen LogP contribution in [0.15, 0.2) is 37.1 Å². The van der Waals surface area contributed by atoms with Gasteiger partial charge in [-0.2, -0.15) is 0 Å². The third kappa shape index (κ3) is 9.69. The van der Waals surface area contributed by atoms with E-state index >= 15 is 0 Å². The van der Waals surface area contributed by atoms with Crippen molar-refractivity contribution >= 4 is 0 Å². The molecule has 0 spiro atoms. The van der Waals surface area contributed by atoms with E-state index in [0.717, 1.165) is 0 Å². The zero-order valence-corrected chi connectivity index (χ0v) is 16.6. The van der Waals surface area contributed by atoms with E-state index < -0.39 is 0 Å². The molecule has 0 heterocycles. The summed E-state index contributed by atoms with van der Waals surface area (Å²) in [5.74, 6) is 4.97. The smallest absolute Gasteiger partial charge is 0.0820 e. The molecule has 4 unspecified atom stereocenters. The van der Waals surface area contributed by atoms with Crippen molar-refractivity contribution in [1.29, 1.82) is 0 Å². The number of aliphatic hydroxyl groups excluding tert-OH is 1. The van der Waals surface area contributed by atoms with Gasteiger partial charge in [0.05, 0.1) is 5.76 Å². The monoisotopic (exact) mass is 322 g/mol. The van der Waals surface area contributed by atoms with Gasteiger partial charge >= 0.3 is 0 Å². The molecule has 0 aliphatic heterocycles. The lowest BCUT2D eigenvalue weighted by Gasteiger charge is -2.23. The minimum absolute atomic E-state index is 0.167. The number of fused-ring (bicyclic) bond motifs is 5. The van der Waals surface area contributed by atoms with Gasteiger partial charge in [0.1, 0.15) is 0 Å². The molecule has 0 amide bonds. The minimum atomic E-state index is 0.167. The van der Waals surface area contributed by atoms with Crippen LogP contribution in [0.3, 0.4) is 0 Å². The van der Waals surface area contributed by atoms with Gasteiger partial charge in [0.2, 0.25) is 0 Å². The summed E-state index contributed by atoms with van der Waals surface area (Å²) in [5, 5.41) is 7.86. The molecule has 0 radical (unpaired) electrons. The molecular weight excluding hydrogens is 280 g/mol. The van der Waals surface area contributed by atoms with E-state index in [1.165, 1.54) is 30.6 Å². The molecule has 0 saturated heterocycles. The van der Waals surface area contributed by atoms with Crippen LogP contribution in [0.4, 0.5) is 0 Å². The van der Waals surface area contributed by atoms with Crippen LogP contribution in [-0.2, 0) is 0 Å². The third-order valence-corrected chi connectivity index (χ3v) is 4.68. The fourth-order valence-corrected chi connectivity index (χ4v) is 4.15. The van der Waals surface area contributed by atoms with Crippen LogP contribution in [-0.4, -0.2) is 5.11 Å². The zero-order chi connectivity index (χ0) is 18.3. The summed E-state index contributed by atoms with van der Waals surface area (Å²) in [4.78, 5) is 0. The molecule has 0 aromatic rings. The van der Waals surface area contributed by atoms with Crippen molar-refractivity contribution in [2.75, 3.05) is 0 Å². The summed E-state index contributed by atoms with van der Waals surface area (Å²) in [6, 6.07) is 0. The number of aliphatic hydroxyl groups is 1. The van der Waals surface area contributed by atoms with Gasteiger partial charge in [-0.05, 0) is 69.6 Å². The topological polar surface area (TPSA) is 20.2 Å². The summed E-state index contributed by atoms with van der Waals surface area (Å²) < 4.78 is 0. The molecule has 1 N–H and O–H groups in total. The highest BCUT2D eigenvalue weighted by molar-refractivity contribution is 4.98. The molecule has 3 aliphatic carbocycles. The highest BCUT2D eigenvalue weighted by Gasteiger charge is 2.48. The first-order valence-electron chi connectivity index (χ1n) is 9.68. The van der Waals surface area contributed by atoms with E-state index in [0.29, 0.717) is 0 Å². The van der Waals surface area contributed by atoms with E-state index in [1.54, 1.807) is 44.6 Å². The Labute approximate surface area is 146 Å². The fourth-order valence-electron chi connectivity index (χ4n) is 4.15. The van der Waals surface area contributed by atoms with E-state index in [2.05, 4.69) is 13.2 Å². The Balaban J connectivity index is 0. The molecule has 3 rings (SSSR count). The summed E-state index contributed by atoms with van der Waals surface area (Å²) in [6.45, 7) is 18.1. The molecule has 3 fully saturated rings. The lowest BCUT2D eigenvalue weighted by molar-refractivity contribution is 0.259. The molecule has 4 atom stereocenters. The van der Waals surface area contributed by atoms with Crippen molar-refractivity contribution < 1.29 is 5.11 Å². The van der Waals surface area contributed by atoms with Crippen LogP contribution in [0.2, 0.25) is 0 Å². The Hall–Kier alpha value is -0.980. The van der Waals surface area contributed by atoms with E-state index in [4.69, 9.17) is 5.11 Å². The molecular formula is C22H42O. The lowest BCUT2D eigenvalue weighted by atomic mass is 9.82. The quantitative estimate of drug-likeness (QED) is 0.387. The molecule has 0 aromatic carbocycles. The Morgan fingerprint density at radius 3 is 1.61 bits per heavy atom. The predicted molar refractivity (Wildman–Crippen MR) is 107 cm³/mol. The van der Waals surface area contributed by atoms with Gasteiger partial charge in [-0.15, -0.1) is 0 Å². The second-order valence-electron chi connectivity index (χ2n) is 6.09. The second-order valence-corrected chi connectivity index (χ2v) is 6.09. The summed E-state index contributed by atoms with van der Waals surface area (Å²) in [7, 11) is 0. The lowest BCUT2D eigenvalue weighted by Crippen LogP contribution is -2.15. The Morgan fingerprint density at radius 2 is 1.35 bits per heavy atom. The minimum Gasteiger partial charge on any atom is -0.513 e. The van der Waals surface area contributed by atoms with Gasteiger partial charge < -0.3 is 5.11 Å². The maximum Gasteiger partial charge on any atom is 0.0820 e. The summed E-state index contributed by atoms with van der Waals surface area (Å²) in [6.07, 6.45) is 15.1. The van der Waals surface area contributed by atoms with Crippen molar-refractivity contribution in [1.82, 2.24) is 0 Å². The average Bonchev–Trinajstić information content (AvgIpc) is 3.27. The van der Waals surface area contributed by atoms with Crippen molar-refractivity contribution in [3.05, 3.63) is 37.1 Å². The first-order chi connectivity index (χ1) is 11.1. The maximum absolute atomic E-state index is 7.86. The molecule has 23 heavy (non-hydrogen) atoms. The molecule has 2 bridgehead atoms. The standard InChI is InChI=1S/C10H16.C5H8.C3H6O.2C2H6/c1-2-9-7-4-5-8(6-7)10(9)3-1;1-3-5-4-2;1-3(2)4;2*1-2/h7-10H,1-6H2;3-5H,1H2,2H3;4H,1H2,2H3;2*1-2H3/b;5-4-;;;. The largest absolute Gasteiger partial charge is 0.513 e. The molecule has 3 aliphatic rings. The second kappa shape index (κ2) is 15.9. The third-order valence-electron chi connectivity index (χ3n) is 4.68. The highest BCUT2D eigenvalue weighted by Crippen LogP contribution is 2.58. The first-order valence-corrected chi connectivity index (χ1v) is 9.68. The maximum atomic E-state index is 7.86. The normalized spacial score (nSPS) is 28.6. The van der Waals surface area contributed by atoms with Crippen LogP contribution in [0, 0.1) is 23.7 Å². The van der Waals surface area contributed by atoms with Crippen LogP contribution < -0.4 is 0 Å². The molecule has 1 nitrogen and oxygen atoms in total. The SMILES string of the molecule is C1CC2C3CCC(C3)C2C1.C=C(C)O.C=C/C=C\C.CC.CC. The summed E-state index contributed by atoms with van der Waals surface area (Å²) >= 11 is 0. The van der Waals surface area contributed by atoms with Gasteiger partial charge in [-0.25, -0.2) is 0 Å². The van der Waals surface area contributed by atoms with Crippen molar-refractivity contribution in [2.24, 2.45) is 23.7 Å². The van der Waals surface area contributed by atoms with E-state index in [-0.39, 0.29) is 5.76 Å². The number of hydrogen-bond donors (Lipinski definition) is 1. The first kappa shape index (κ1) is 24.3. The Kier molecular flexibility index (Phi) is 16.8. The molecule has 3 saturated carbocycles. The van der Waals surface area contributed by atoms with Crippen molar-refractivity contribution in [2.45, 2.75) is 80.1 Å². The molecule has 136 valence electrons. The van der Waals surface area contributed by atoms with Gasteiger partial charge in [0, 0.05) is 0 Å². The summed E-state index contributed by atoms with van der Waals surface area (Å²) in [5.41, 5.74) is 0. The van der Waals surface area contributed by atoms with Crippen LogP contribution >= 0.6 is 0 Å². The van der Waals surface area contributed by atoms with Crippen LogP contribution in [0.1, 0.15) is 80.1 Å². The molecule has 1 heteroatoms. The number of rotatable bonds is 1. The zero-order valence-electron chi connectivity index (χ0n) is 16.6. The highest BCUT2D eigenvalue weighted by atomic mass is 16.3. The number of allylic oxidation sites excluding steroid dienone is 4.